The predicted octanol–water partition coefficient (Wildman–Crippen LogP) is 5.43. The van der Waals surface area contributed by atoms with Gasteiger partial charge >= 0.3 is 0 Å². The van der Waals surface area contributed by atoms with Crippen LogP contribution in [0.3, 0.4) is 0 Å². The number of rotatable bonds is 8. The molecule has 0 radical (unpaired) electrons. The van der Waals surface area contributed by atoms with Crippen molar-refractivity contribution in [2.45, 2.75) is 32.6 Å². The van der Waals surface area contributed by atoms with Crippen LogP contribution in [0.4, 0.5) is 8.78 Å². The van der Waals surface area contributed by atoms with Crippen LogP contribution >= 0.6 is 0 Å². The molecule has 0 fully saturated rings. The molecule has 2 aromatic carbocycles. The second-order valence-electron chi connectivity index (χ2n) is 7.74. The molecule has 0 aliphatic rings. The van der Waals surface area contributed by atoms with Crippen molar-refractivity contribution in [2.75, 3.05) is 7.11 Å². The minimum atomic E-state index is -0.984. The molecule has 4 aromatic rings. The van der Waals surface area contributed by atoms with Crippen molar-refractivity contribution in [1.29, 1.82) is 0 Å². The Hall–Kier alpha value is -4.01. The van der Waals surface area contributed by atoms with Crippen LogP contribution in [-0.2, 0) is 12.8 Å². The largest absolute Gasteiger partial charge is 0.506 e. The Morgan fingerprint density at radius 2 is 1.82 bits per heavy atom. The summed E-state index contributed by atoms with van der Waals surface area (Å²) < 4.78 is 37.7. The molecule has 9 heteroatoms. The molecule has 0 bridgehead atoms. The SMILES string of the molecule is CCCCc1nc(O)c(-c2nnc(Cc3ccc(F)c(F)c3)o2)c(O)c1-c1cccc(OC)c1. The van der Waals surface area contributed by atoms with E-state index in [1.54, 1.807) is 31.4 Å². The van der Waals surface area contributed by atoms with Gasteiger partial charge in [-0.1, -0.05) is 31.5 Å². The zero-order chi connectivity index (χ0) is 24.2. The van der Waals surface area contributed by atoms with E-state index in [9.17, 15) is 19.0 Å². The highest BCUT2D eigenvalue weighted by atomic mass is 19.2. The first-order chi connectivity index (χ1) is 16.4. The summed E-state index contributed by atoms with van der Waals surface area (Å²) in [4.78, 5) is 4.33. The zero-order valence-corrected chi connectivity index (χ0v) is 18.7. The Kier molecular flexibility index (Phi) is 6.72. The lowest BCUT2D eigenvalue weighted by molar-refractivity contribution is 0.415. The maximum Gasteiger partial charge on any atom is 0.257 e. The van der Waals surface area contributed by atoms with Crippen molar-refractivity contribution in [3.8, 4) is 40.0 Å². The lowest BCUT2D eigenvalue weighted by atomic mass is 9.97. The van der Waals surface area contributed by atoms with Gasteiger partial charge in [0.25, 0.3) is 5.89 Å². The number of halogens is 2. The molecular formula is C25H23F2N3O4. The van der Waals surface area contributed by atoms with Crippen molar-refractivity contribution in [2.24, 2.45) is 0 Å². The summed E-state index contributed by atoms with van der Waals surface area (Å²) in [7, 11) is 1.55. The first kappa shape index (κ1) is 23.2. The second-order valence-corrected chi connectivity index (χ2v) is 7.74. The van der Waals surface area contributed by atoms with Crippen LogP contribution in [-0.4, -0.2) is 32.5 Å². The molecule has 0 saturated heterocycles. The molecule has 0 aliphatic carbocycles. The summed E-state index contributed by atoms with van der Waals surface area (Å²) in [5.74, 6) is -2.09. The number of nitrogens with zero attached hydrogens (tertiary/aromatic N) is 3. The average molecular weight is 467 g/mol. The molecule has 176 valence electrons. The smallest absolute Gasteiger partial charge is 0.257 e. The number of aromatic nitrogens is 3. The number of hydrogen-bond donors (Lipinski definition) is 2. The standard InChI is InChI=1S/C25H23F2N3O4/c1-3-4-8-19-21(15-6-5-7-16(13-15)33-2)23(31)22(24(32)28-19)25-30-29-20(34-25)12-14-9-10-17(26)18(27)11-14/h5-7,9-11,13H,3-4,8,12H2,1-2H3,(H2,28,31,32). The summed E-state index contributed by atoms with van der Waals surface area (Å²) in [6.07, 6.45) is 2.28. The molecule has 0 atom stereocenters. The fraction of sp³-hybridized carbons (Fsp3) is 0.240. The maximum absolute atomic E-state index is 13.5. The maximum atomic E-state index is 13.5. The summed E-state index contributed by atoms with van der Waals surface area (Å²) in [5, 5.41) is 29.7. The monoisotopic (exact) mass is 467 g/mol. The van der Waals surface area contributed by atoms with Crippen LogP contribution in [0.5, 0.6) is 17.4 Å². The minimum Gasteiger partial charge on any atom is -0.506 e. The highest BCUT2D eigenvalue weighted by molar-refractivity contribution is 5.83. The topological polar surface area (TPSA) is 102 Å². The zero-order valence-electron chi connectivity index (χ0n) is 18.7. The third kappa shape index (κ3) is 4.68. The van der Waals surface area contributed by atoms with Crippen LogP contribution in [0.25, 0.3) is 22.6 Å². The van der Waals surface area contributed by atoms with Gasteiger partial charge in [0.15, 0.2) is 11.6 Å². The fourth-order valence-corrected chi connectivity index (χ4v) is 3.66. The van der Waals surface area contributed by atoms with Gasteiger partial charge in [0.05, 0.1) is 19.2 Å². The van der Waals surface area contributed by atoms with Crippen LogP contribution < -0.4 is 4.74 Å². The van der Waals surface area contributed by atoms with Gasteiger partial charge in [0, 0.05) is 5.56 Å². The third-order valence-corrected chi connectivity index (χ3v) is 5.37. The minimum absolute atomic E-state index is 0.0382. The van der Waals surface area contributed by atoms with E-state index in [-0.39, 0.29) is 29.5 Å². The van der Waals surface area contributed by atoms with E-state index in [1.165, 1.54) is 6.07 Å². The average Bonchev–Trinajstić information content (AvgIpc) is 3.27. The number of methoxy groups -OCH3 is 1. The van der Waals surface area contributed by atoms with Gasteiger partial charge in [-0.25, -0.2) is 13.8 Å². The van der Waals surface area contributed by atoms with Crippen molar-refractivity contribution in [3.05, 3.63) is 71.2 Å². The molecule has 0 aliphatic heterocycles. The summed E-state index contributed by atoms with van der Waals surface area (Å²) in [6, 6.07) is 10.6. The first-order valence-electron chi connectivity index (χ1n) is 10.8. The molecule has 2 N–H and O–H groups in total. The highest BCUT2D eigenvalue weighted by Crippen LogP contribution is 2.44. The van der Waals surface area contributed by atoms with Crippen LogP contribution in [0.1, 0.15) is 36.9 Å². The molecule has 4 rings (SSSR count). The Morgan fingerprint density at radius 3 is 2.56 bits per heavy atom. The quantitative estimate of drug-likeness (QED) is 0.356. The number of ether oxygens (including phenoxy) is 1. The fourth-order valence-electron chi connectivity index (χ4n) is 3.66. The van der Waals surface area contributed by atoms with Crippen molar-refractivity contribution in [1.82, 2.24) is 15.2 Å². The van der Waals surface area contributed by atoms with Crippen molar-refractivity contribution >= 4 is 0 Å². The van der Waals surface area contributed by atoms with E-state index >= 15 is 0 Å². The molecule has 2 heterocycles. The summed E-state index contributed by atoms with van der Waals surface area (Å²) in [5.41, 5.74) is 1.92. The number of benzene rings is 2. The molecule has 0 amide bonds. The molecule has 34 heavy (non-hydrogen) atoms. The van der Waals surface area contributed by atoms with Gasteiger partial charge in [0.2, 0.25) is 11.8 Å². The van der Waals surface area contributed by atoms with Gasteiger partial charge in [-0.3, -0.25) is 0 Å². The molecule has 0 spiro atoms. The Labute approximate surface area is 194 Å². The van der Waals surface area contributed by atoms with E-state index < -0.39 is 17.5 Å². The Balaban J connectivity index is 1.77. The van der Waals surface area contributed by atoms with Crippen LogP contribution in [0.2, 0.25) is 0 Å². The molecule has 7 nitrogen and oxygen atoms in total. The first-order valence-corrected chi connectivity index (χ1v) is 10.8. The number of unbranched alkanes of at least 4 members (excludes halogenated alkanes) is 1. The van der Waals surface area contributed by atoms with Crippen molar-refractivity contribution in [3.63, 3.8) is 0 Å². The summed E-state index contributed by atoms with van der Waals surface area (Å²) in [6.45, 7) is 2.03. The van der Waals surface area contributed by atoms with Gasteiger partial charge in [-0.15, -0.1) is 10.2 Å². The molecule has 0 saturated carbocycles. The molecular weight excluding hydrogens is 444 g/mol. The summed E-state index contributed by atoms with van der Waals surface area (Å²) >= 11 is 0. The third-order valence-electron chi connectivity index (χ3n) is 5.37. The number of pyridine rings is 1. The van der Waals surface area contributed by atoms with E-state index in [1.807, 2.05) is 6.92 Å². The van der Waals surface area contributed by atoms with E-state index in [0.717, 1.165) is 25.0 Å². The normalized spacial score (nSPS) is 11.1. The molecule has 0 unspecified atom stereocenters. The van der Waals surface area contributed by atoms with Gasteiger partial charge in [0.1, 0.15) is 17.1 Å². The Morgan fingerprint density at radius 1 is 1.00 bits per heavy atom. The van der Waals surface area contributed by atoms with Gasteiger partial charge < -0.3 is 19.4 Å². The lowest BCUT2D eigenvalue weighted by Crippen LogP contribution is -1.99. The number of aromatic hydroxyl groups is 2. The lowest BCUT2D eigenvalue weighted by Gasteiger charge is -2.15. The van der Waals surface area contributed by atoms with Gasteiger partial charge in [-0.2, -0.15) is 0 Å². The van der Waals surface area contributed by atoms with Crippen molar-refractivity contribution < 1.29 is 28.1 Å². The number of hydrogen-bond acceptors (Lipinski definition) is 7. The Bertz CT molecular complexity index is 1320. The van der Waals surface area contributed by atoms with Gasteiger partial charge in [-0.05, 0) is 48.2 Å². The van der Waals surface area contributed by atoms with Crippen LogP contribution in [0, 0.1) is 11.6 Å². The van der Waals surface area contributed by atoms with E-state index in [0.29, 0.717) is 34.6 Å². The molecule has 2 aromatic heterocycles. The highest BCUT2D eigenvalue weighted by Gasteiger charge is 2.25. The predicted molar refractivity (Wildman–Crippen MR) is 121 cm³/mol. The van der Waals surface area contributed by atoms with E-state index in [2.05, 4.69) is 15.2 Å². The number of aryl methyl sites for hydroxylation is 1. The second kappa shape index (κ2) is 9.86. The van der Waals surface area contributed by atoms with Crippen LogP contribution in [0.15, 0.2) is 46.9 Å². The van der Waals surface area contributed by atoms with E-state index in [4.69, 9.17) is 9.15 Å².